The van der Waals surface area contributed by atoms with Gasteiger partial charge in [-0.15, -0.1) is 0 Å². The number of allylic oxidation sites excluding steroid dienone is 3. The van der Waals surface area contributed by atoms with E-state index in [0.29, 0.717) is 6.54 Å². The average molecular weight is 362 g/mol. The van der Waals surface area contributed by atoms with Crippen LogP contribution in [0.25, 0.3) is 11.6 Å². The molecular weight excluding hydrogens is 340 g/mol. The van der Waals surface area contributed by atoms with Crippen LogP contribution >= 0.6 is 0 Å². The number of furan rings is 1. The van der Waals surface area contributed by atoms with Gasteiger partial charge in [-0.05, 0) is 30.6 Å². The number of hydrogen-bond donors (Lipinski definition) is 1. The van der Waals surface area contributed by atoms with E-state index in [4.69, 9.17) is 4.42 Å². The summed E-state index contributed by atoms with van der Waals surface area (Å²) in [5, 5.41) is 3.54. The molecule has 27 heavy (non-hydrogen) atoms. The van der Waals surface area contributed by atoms with Gasteiger partial charge in [0.2, 0.25) is 5.91 Å². The third kappa shape index (κ3) is 3.69. The average Bonchev–Trinajstić information content (AvgIpc) is 3.36. The molecule has 1 aliphatic carbocycles. The molecule has 4 rings (SSSR count). The molecule has 1 saturated heterocycles. The molecule has 0 aromatic carbocycles. The summed E-state index contributed by atoms with van der Waals surface area (Å²) in [5.41, 5.74) is 4.18. The topological polar surface area (TPSA) is 71.3 Å². The molecule has 0 saturated carbocycles. The van der Waals surface area contributed by atoms with Crippen LogP contribution in [0.5, 0.6) is 0 Å². The minimum absolute atomic E-state index is 0.0157. The van der Waals surface area contributed by atoms with Crippen LogP contribution in [-0.2, 0) is 11.2 Å². The van der Waals surface area contributed by atoms with E-state index in [2.05, 4.69) is 34.0 Å². The Hall–Kier alpha value is -3.15. The number of anilines is 1. The fourth-order valence-electron chi connectivity index (χ4n) is 3.62. The molecule has 1 atom stereocenters. The number of carbonyl (C=O) groups excluding carboxylic acids is 1. The van der Waals surface area contributed by atoms with E-state index in [0.717, 1.165) is 54.0 Å². The fourth-order valence-corrected chi connectivity index (χ4v) is 3.62. The summed E-state index contributed by atoms with van der Waals surface area (Å²) < 4.78 is 5.12. The third-order valence-electron chi connectivity index (χ3n) is 4.98. The van der Waals surface area contributed by atoms with Gasteiger partial charge in [0.25, 0.3) is 0 Å². The van der Waals surface area contributed by atoms with Crippen molar-refractivity contribution in [3.63, 3.8) is 0 Å². The highest BCUT2D eigenvalue weighted by Gasteiger charge is 2.25. The Bertz CT molecular complexity index is 899. The second-order valence-electron chi connectivity index (χ2n) is 6.77. The van der Waals surface area contributed by atoms with Crippen LogP contribution in [0.15, 0.2) is 54.1 Å². The molecule has 6 nitrogen and oxygen atoms in total. The number of carbonyl (C=O) groups is 1. The zero-order valence-corrected chi connectivity index (χ0v) is 15.1. The zero-order valence-electron chi connectivity index (χ0n) is 15.1. The van der Waals surface area contributed by atoms with Crippen molar-refractivity contribution in [3.05, 3.63) is 66.5 Å². The van der Waals surface area contributed by atoms with Crippen LogP contribution < -0.4 is 5.32 Å². The van der Waals surface area contributed by atoms with Gasteiger partial charge in [-0.25, -0.2) is 9.97 Å². The lowest BCUT2D eigenvalue weighted by Crippen LogP contribution is -2.44. The molecule has 138 valence electrons. The third-order valence-corrected chi connectivity index (χ3v) is 4.98. The van der Waals surface area contributed by atoms with E-state index in [1.165, 1.54) is 6.08 Å². The smallest absolute Gasteiger partial charge is 0.246 e. The first-order valence-electron chi connectivity index (χ1n) is 9.17. The molecular formula is C21H22N4O2. The zero-order chi connectivity index (χ0) is 18.6. The quantitative estimate of drug-likeness (QED) is 0.826. The first-order chi connectivity index (χ1) is 13.2. The molecule has 2 aromatic heterocycles. The Morgan fingerprint density at radius 3 is 3.11 bits per heavy atom. The number of piperidine rings is 1. The lowest BCUT2D eigenvalue weighted by atomic mass is 10.0. The van der Waals surface area contributed by atoms with Crippen molar-refractivity contribution in [1.29, 1.82) is 0 Å². The predicted molar refractivity (Wildman–Crippen MR) is 105 cm³/mol. The summed E-state index contributed by atoms with van der Waals surface area (Å²) in [6, 6.07) is 2.09. The molecule has 2 aromatic rings. The Kier molecular flexibility index (Phi) is 4.87. The van der Waals surface area contributed by atoms with Crippen molar-refractivity contribution in [2.24, 2.45) is 0 Å². The number of aromatic nitrogens is 2. The van der Waals surface area contributed by atoms with Crippen LogP contribution in [0.2, 0.25) is 0 Å². The summed E-state index contributed by atoms with van der Waals surface area (Å²) >= 11 is 0. The highest BCUT2D eigenvalue weighted by atomic mass is 16.3. The molecule has 1 fully saturated rings. The van der Waals surface area contributed by atoms with E-state index in [1.54, 1.807) is 18.9 Å². The Labute approximate surface area is 158 Å². The lowest BCUT2D eigenvalue weighted by Gasteiger charge is -2.33. The largest absolute Gasteiger partial charge is 0.472 e. The number of amides is 1. The summed E-state index contributed by atoms with van der Waals surface area (Å²) in [7, 11) is 0. The SMILES string of the molecule is C=CC(=O)N1CCC[C@@H](Nc2ncnc3c2C(/C=C/c2ccoc2)=CC3)C1. The minimum atomic E-state index is -0.0157. The summed E-state index contributed by atoms with van der Waals surface area (Å²) in [4.78, 5) is 22.7. The lowest BCUT2D eigenvalue weighted by molar-refractivity contribution is -0.127. The summed E-state index contributed by atoms with van der Waals surface area (Å²) in [5.74, 6) is 0.816. The van der Waals surface area contributed by atoms with E-state index in [1.807, 2.05) is 17.0 Å². The van der Waals surface area contributed by atoms with Crippen LogP contribution in [0, 0.1) is 0 Å². The van der Waals surface area contributed by atoms with E-state index < -0.39 is 0 Å². The molecule has 2 aliphatic rings. The monoisotopic (exact) mass is 362 g/mol. The van der Waals surface area contributed by atoms with Gasteiger partial charge < -0.3 is 14.6 Å². The van der Waals surface area contributed by atoms with Crippen LogP contribution in [0.3, 0.4) is 0 Å². The van der Waals surface area contributed by atoms with Crippen LogP contribution in [0.1, 0.15) is 29.7 Å². The van der Waals surface area contributed by atoms with Crippen molar-refractivity contribution in [2.75, 3.05) is 18.4 Å². The van der Waals surface area contributed by atoms with Crippen molar-refractivity contribution in [3.8, 4) is 0 Å². The summed E-state index contributed by atoms with van der Waals surface area (Å²) in [6.45, 7) is 5.03. The second-order valence-corrected chi connectivity index (χ2v) is 6.77. The van der Waals surface area contributed by atoms with E-state index in [9.17, 15) is 4.79 Å². The van der Waals surface area contributed by atoms with E-state index >= 15 is 0 Å². The number of nitrogens with zero attached hydrogens (tertiary/aromatic N) is 3. The molecule has 1 aliphatic heterocycles. The molecule has 1 N–H and O–H groups in total. The van der Waals surface area contributed by atoms with Crippen molar-refractivity contribution >= 4 is 23.4 Å². The maximum Gasteiger partial charge on any atom is 0.246 e. The molecule has 0 radical (unpaired) electrons. The molecule has 0 spiro atoms. The van der Waals surface area contributed by atoms with Crippen LogP contribution in [0.4, 0.5) is 5.82 Å². The molecule has 3 heterocycles. The maximum absolute atomic E-state index is 11.9. The van der Waals surface area contributed by atoms with Gasteiger partial charge in [-0.2, -0.15) is 0 Å². The van der Waals surface area contributed by atoms with Gasteiger partial charge in [-0.1, -0.05) is 24.8 Å². The van der Waals surface area contributed by atoms with Gasteiger partial charge in [0, 0.05) is 36.7 Å². The second kappa shape index (κ2) is 7.61. The van der Waals surface area contributed by atoms with Gasteiger partial charge >= 0.3 is 0 Å². The van der Waals surface area contributed by atoms with Crippen molar-refractivity contribution < 1.29 is 9.21 Å². The number of fused-ring (bicyclic) bond motifs is 1. The van der Waals surface area contributed by atoms with Gasteiger partial charge in [0.1, 0.15) is 12.1 Å². The first-order valence-corrected chi connectivity index (χ1v) is 9.17. The Balaban J connectivity index is 1.53. The van der Waals surface area contributed by atoms with Crippen LogP contribution in [-0.4, -0.2) is 39.9 Å². The maximum atomic E-state index is 11.9. The molecule has 0 bridgehead atoms. The fraction of sp³-hybridized carbons (Fsp3) is 0.286. The normalized spacial score (nSPS) is 19.0. The highest BCUT2D eigenvalue weighted by molar-refractivity contribution is 5.88. The number of nitrogens with one attached hydrogen (secondary N) is 1. The predicted octanol–water partition coefficient (Wildman–Crippen LogP) is 3.31. The van der Waals surface area contributed by atoms with Crippen molar-refractivity contribution in [1.82, 2.24) is 14.9 Å². The number of likely N-dealkylation sites (tertiary alicyclic amines) is 1. The van der Waals surface area contributed by atoms with E-state index in [-0.39, 0.29) is 11.9 Å². The molecule has 1 amide bonds. The summed E-state index contributed by atoms with van der Waals surface area (Å²) in [6.07, 6.45) is 15.4. The van der Waals surface area contributed by atoms with Gasteiger partial charge in [-0.3, -0.25) is 4.79 Å². The van der Waals surface area contributed by atoms with Gasteiger partial charge in [0.05, 0.1) is 18.2 Å². The number of hydrogen-bond acceptors (Lipinski definition) is 5. The minimum Gasteiger partial charge on any atom is -0.472 e. The standard InChI is InChI=1S/C21H22N4O2/c1-2-19(26)25-10-3-4-17(12-25)24-21-20-16(6-5-15-9-11-27-13-15)7-8-18(20)22-14-23-21/h2,5-7,9,11,13-14,17H,1,3-4,8,10,12H2,(H,22,23,24)/b6-5+/t17-/m1/s1. The molecule has 0 unspecified atom stereocenters. The van der Waals surface area contributed by atoms with Gasteiger partial charge in [0.15, 0.2) is 0 Å². The highest BCUT2D eigenvalue weighted by Crippen LogP contribution is 2.33. The Morgan fingerprint density at radius 2 is 2.30 bits per heavy atom. The number of rotatable bonds is 5. The Morgan fingerprint density at radius 1 is 1.37 bits per heavy atom. The molecule has 6 heteroatoms. The van der Waals surface area contributed by atoms with Crippen molar-refractivity contribution in [2.45, 2.75) is 25.3 Å². The first kappa shape index (κ1) is 17.3.